The van der Waals surface area contributed by atoms with Gasteiger partial charge in [0.25, 0.3) is 0 Å². The van der Waals surface area contributed by atoms with E-state index in [1.54, 1.807) is 0 Å². The van der Waals surface area contributed by atoms with E-state index in [0.29, 0.717) is 6.61 Å². The number of ether oxygens (including phenoxy) is 1. The van der Waals surface area contributed by atoms with E-state index in [2.05, 4.69) is 23.1 Å². The van der Waals surface area contributed by atoms with Gasteiger partial charge in [-0.15, -0.1) is 0 Å². The van der Waals surface area contributed by atoms with Crippen LogP contribution in [0.4, 0.5) is 0 Å². The topological polar surface area (TPSA) is 36.3 Å². The molecule has 0 saturated carbocycles. The zero-order valence-electron chi connectivity index (χ0n) is 9.75. The molecule has 2 aliphatic heterocycles. The van der Waals surface area contributed by atoms with Crippen LogP contribution in [0.5, 0.6) is 0 Å². The summed E-state index contributed by atoms with van der Waals surface area (Å²) >= 11 is 0. The number of hydrogen-bond acceptors (Lipinski definition) is 3. The average molecular weight is 228 g/mol. The monoisotopic (exact) mass is 228 g/mol. The summed E-state index contributed by atoms with van der Waals surface area (Å²) < 4.78 is 5.83. The molecule has 0 amide bonds. The highest BCUT2D eigenvalue weighted by molar-refractivity contribution is 5.21. The molecule has 17 heavy (non-hydrogen) atoms. The molecule has 1 aromatic carbocycles. The third-order valence-corrected chi connectivity index (χ3v) is 3.76. The third-order valence-electron chi connectivity index (χ3n) is 3.76. The standard InChI is InChI=1S/C14H16N2O/c15-9-12-7-4-8-14-16(12)13(10-17-14)11-5-2-1-3-6-11/h1-3,5-6,12-14H,4,7-8,10H2/t12-,13-,14-/m1/s1. The van der Waals surface area contributed by atoms with Crippen molar-refractivity contribution in [2.75, 3.05) is 6.61 Å². The van der Waals surface area contributed by atoms with Gasteiger partial charge in [-0.3, -0.25) is 4.90 Å². The predicted octanol–water partition coefficient (Wildman–Crippen LogP) is 2.46. The molecular weight excluding hydrogens is 212 g/mol. The van der Waals surface area contributed by atoms with Gasteiger partial charge in [-0.2, -0.15) is 5.26 Å². The Balaban J connectivity index is 1.89. The van der Waals surface area contributed by atoms with Gasteiger partial charge in [0, 0.05) is 0 Å². The first-order chi connectivity index (χ1) is 8.40. The fourth-order valence-corrected chi connectivity index (χ4v) is 2.94. The Morgan fingerprint density at radius 3 is 2.82 bits per heavy atom. The number of nitriles is 1. The summed E-state index contributed by atoms with van der Waals surface area (Å²) in [5.41, 5.74) is 1.26. The van der Waals surface area contributed by atoms with Gasteiger partial charge in [0.2, 0.25) is 0 Å². The van der Waals surface area contributed by atoms with E-state index in [9.17, 15) is 5.26 Å². The highest BCUT2D eigenvalue weighted by Gasteiger charge is 2.42. The fourth-order valence-electron chi connectivity index (χ4n) is 2.94. The molecule has 0 aliphatic carbocycles. The Morgan fingerprint density at radius 1 is 1.24 bits per heavy atom. The molecule has 3 atom stereocenters. The van der Waals surface area contributed by atoms with Crippen LogP contribution in [0.15, 0.2) is 30.3 Å². The van der Waals surface area contributed by atoms with Gasteiger partial charge in [0.15, 0.2) is 0 Å². The van der Waals surface area contributed by atoms with Crippen LogP contribution in [-0.2, 0) is 4.74 Å². The minimum absolute atomic E-state index is 0.0152. The minimum atomic E-state index is 0.0152. The van der Waals surface area contributed by atoms with Crippen molar-refractivity contribution >= 4 is 0 Å². The van der Waals surface area contributed by atoms with E-state index in [-0.39, 0.29) is 18.3 Å². The molecule has 0 N–H and O–H groups in total. The molecule has 3 nitrogen and oxygen atoms in total. The van der Waals surface area contributed by atoms with E-state index >= 15 is 0 Å². The summed E-state index contributed by atoms with van der Waals surface area (Å²) in [5.74, 6) is 0. The highest BCUT2D eigenvalue weighted by atomic mass is 16.5. The van der Waals surface area contributed by atoms with Crippen LogP contribution in [-0.4, -0.2) is 23.8 Å². The Morgan fingerprint density at radius 2 is 2.06 bits per heavy atom. The Bertz CT molecular complexity index is 426. The first-order valence-electron chi connectivity index (χ1n) is 6.24. The second-order valence-electron chi connectivity index (χ2n) is 4.74. The van der Waals surface area contributed by atoms with Crippen LogP contribution in [0.25, 0.3) is 0 Å². The zero-order valence-corrected chi connectivity index (χ0v) is 9.75. The van der Waals surface area contributed by atoms with Crippen molar-refractivity contribution in [2.45, 2.75) is 37.6 Å². The molecule has 2 fully saturated rings. The van der Waals surface area contributed by atoms with Crippen LogP contribution in [0.3, 0.4) is 0 Å². The molecule has 2 saturated heterocycles. The first-order valence-corrected chi connectivity index (χ1v) is 6.24. The molecular formula is C14H16N2O. The second kappa shape index (κ2) is 4.48. The summed E-state index contributed by atoms with van der Waals surface area (Å²) in [6.07, 6.45) is 3.28. The lowest BCUT2D eigenvalue weighted by molar-refractivity contribution is -0.0121. The Hall–Kier alpha value is -1.37. The molecule has 3 rings (SSSR count). The lowest BCUT2D eigenvalue weighted by Gasteiger charge is -2.35. The number of hydrogen-bond donors (Lipinski definition) is 0. The zero-order chi connectivity index (χ0) is 11.7. The lowest BCUT2D eigenvalue weighted by Crippen LogP contribution is -2.43. The van der Waals surface area contributed by atoms with Crippen molar-refractivity contribution in [3.63, 3.8) is 0 Å². The molecule has 0 unspecified atom stereocenters. The molecule has 0 radical (unpaired) electrons. The summed E-state index contributed by atoms with van der Waals surface area (Å²) in [6, 6.07) is 13.1. The molecule has 0 spiro atoms. The fraction of sp³-hybridized carbons (Fsp3) is 0.500. The molecule has 1 aromatic rings. The summed E-state index contributed by atoms with van der Waals surface area (Å²) in [4.78, 5) is 2.26. The largest absolute Gasteiger partial charge is 0.361 e. The normalized spacial score (nSPS) is 33.0. The van der Waals surface area contributed by atoms with Crippen LogP contribution >= 0.6 is 0 Å². The second-order valence-corrected chi connectivity index (χ2v) is 4.74. The lowest BCUT2D eigenvalue weighted by atomic mass is 9.98. The predicted molar refractivity (Wildman–Crippen MR) is 64.0 cm³/mol. The SMILES string of the molecule is N#C[C@H]1CCC[C@H]2OC[C@H](c3ccccc3)N12. The summed E-state index contributed by atoms with van der Waals surface area (Å²) in [6.45, 7) is 0.715. The van der Waals surface area contributed by atoms with Gasteiger partial charge in [-0.1, -0.05) is 30.3 Å². The quantitative estimate of drug-likeness (QED) is 0.740. The number of nitrogens with zero attached hydrogens (tertiary/aromatic N) is 2. The molecule has 0 bridgehead atoms. The van der Waals surface area contributed by atoms with Crippen molar-refractivity contribution in [2.24, 2.45) is 0 Å². The van der Waals surface area contributed by atoms with E-state index in [1.807, 2.05) is 18.2 Å². The number of fused-ring (bicyclic) bond motifs is 1. The van der Waals surface area contributed by atoms with Gasteiger partial charge < -0.3 is 4.74 Å². The highest BCUT2D eigenvalue weighted by Crippen LogP contribution is 2.38. The smallest absolute Gasteiger partial charge is 0.112 e. The average Bonchev–Trinajstić information content (AvgIpc) is 2.83. The van der Waals surface area contributed by atoms with Gasteiger partial charge in [-0.05, 0) is 24.8 Å². The number of benzene rings is 1. The number of rotatable bonds is 1. The van der Waals surface area contributed by atoms with Crippen molar-refractivity contribution in [3.8, 4) is 6.07 Å². The van der Waals surface area contributed by atoms with Gasteiger partial charge in [0.05, 0.1) is 18.7 Å². The van der Waals surface area contributed by atoms with E-state index in [1.165, 1.54) is 5.56 Å². The van der Waals surface area contributed by atoms with Crippen molar-refractivity contribution < 1.29 is 4.74 Å². The van der Waals surface area contributed by atoms with E-state index in [0.717, 1.165) is 19.3 Å². The Kier molecular flexibility index (Phi) is 2.84. The summed E-state index contributed by atoms with van der Waals surface area (Å²) in [5, 5.41) is 9.26. The van der Waals surface area contributed by atoms with Crippen LogP contribution < -0.4 is 0 Å². The van der Waals surface area contributed by atoms with Gasteiger partial charge >= 0.3 is 0 Å². The maximum Gasteiger partial charge on any atom is 0.112 e. The Labute approximate surface area is 102 Å². The third kappa shape index (κ3) is 1.84. The first kappa shape index (κ1) is 10.8. The van der Waals surface area contributed by atoms with E-state index < -0.39 is 0 Å². The maximum absolute atomic E-state index is 9.26. The van der Waals surface area contributed by atoms with Crippen LogP contribution in [0, 0.1) is 11.3 Å². The van der Waals surface area contributed by atoms with Crippen LogP contribution in [0.1, 0.15) is 30.9 Å². The molecule has 2 aliphatic rings. The summed E-state index contributed by atoms with van der Waals surface area (Å²) in [7, 11) is 0. The van der Waals surface area contributed by atoms with Crippen molar-refractivity contribution in [1.82, 2.24) is 4.90 Å². The van der Waals surface area contributed by atoms with Crippen molar-refractivity contribution in [3.05, 3.63) is 35.9 Å². The molecule has 3 heteroatoms. The molecule has 0 aromatic heterocycles. The van der Waals surface area contributed by atoms with Crippen LogP contribution in [0.2, 0.25) is 0 Å². The van der Waals surface area contributed by atoms with E-state index in [4.69, 9.17) is 4.74 Å². The van der Waals surface area contributed by atoms with Gasteiger partial charge in [-0.25, -0.2) is 0 Å². The minimum Gasteiger partial charge on any atom is -0.361 e. The maximum atomic E-state index is 9.26. The van der Waals surface area contributed by atoms with Gasteiger partial charge in [0.1, 0.15) is 12.3 Å². The van der Waals surface area contributed by atoms with Crippen molar-refractivity contribution in [1.29, 1.82) is 5.26 Å². The molecule has 88 valence electrons. The number of piperidine rings is 1. The molecule has 2 heterocycles.